The molecule has 2 rings (SSSR count). The smallest absolute Gasteiger partial charge is 0.146 e. The molecule has 0 aliphatic rings. The highest BCUT2D eigenvalue weighted by Crippen LogP contribution is 2.19. The van der Waals surface area contributed by atoms with Crippen molar-refractivity contribution in [2.24, 2.45) is 0 Å². The molecule has 0 saturated heterocycles. The Morgan fingerprint density at radius 2 is 2.11 bits per heavy atom. The Hall–Kier alpha value is -1.39. The van der Waals surface area contributed by atoms with E-state index in [2.05, 4.69) is 29.3 Å². The summed E-state index contributed by atoms with van der Waals surface area (Å²) in [5, 5.41) is 2.09. The zero-order valence-corrected chi connectivity index (χ0v) is 12.1. The van der Waals surface area contributed by atoms with Crippen LogP contribution in [0.1, 0.15) is 17.4 Å². The number of hydrogen-bond acceptors (Lipinski definition) is 3. The number of benzene rings is 1. The Labute approximate surface area is 117 Å². The quantitative estimate of drug-likeness (QED) is 0.848. The zero-order valence-electron chi connectivity index (χ0n) is 11.3. The van der Waals surface area contributed by atoms with E-state index in [0.717, 1.165) is 12.0 Å². The lowest BCUT2D eigenvalue weighted by molar-refractivity contribution is 0.249. The maximum atomic E-state index is 13.4. The fourth-order valence-electron chi connectivity index (χ4n) is 2.02. The predicted molar refractivity (Wildman–Crippen MR) is 79.8 cm³/mol. The number of halogens is 1. The van der Waals surface area contributed by atoms with Crippen molar-refractivity contribution in [1.29, 1.82) is 0 Å². The van der Waals surface area contributed by atoms with Crippen LogP contribution in [-0.2, 0) is 13.0 Å². The highest BCUT2D eigenvalue weighted by Gasteiger charge is 2.13. The Balaban J connectivity index is 2.00. The summed E-state index contributed by atoms with van der Waals surface area (Å²) >= 11 is 1.77. The molecule has 1 atom stereocenters. The largest absolute Gasteiger partial charge is 0.396 e. The predicted octanol–water partition coefficient (Wildman–Crippen LogP) is 3.53. The summed E-state index contributed by atoms with van der Waals surface area (Å²) in [5.41, 5.74) is 6.88. The molecule has 0 aliphatic heterocycles. The van der Waals surface area contributed by atoms with E-state index in [0.29, 0.717) is 12.6 Å². The van der Waals surface area contributed by atoms with E-state index in [1.165, 1.54) is 10.9 Å². The van der Waals surface area contributed by atoms with Crippen molar-refractivity contribution in [3.63, 3.8) is 0 Å². The highest BCUT2D eigenvalue weighted by atomic mass is 32.1. The maximum Gasteiger partial charge on any atom is 0.146 e. The topological polar surface area (TPSA) is 29.3 Å². The van der Waals surface area contributed by atoms with E-state index < -0.39 is 0 Å². The summed E-state index contributed by atoms with van der Waals surface area (Å²) in [6.07, 6.45) is 1.00. The molecule has 0 fully saturated rings. The monoisotopic (exact) mass is 278 g/mol. The van der Waals surface area contributed by atoms with Crippen LogP contribution in [0.3, 0.4) is 0 Å². The molecule has 1 unspecified atom stereocenters. The van der Waals surface area contributed by atoms with Gasteiger partial charge < -0.3 is 5.73 Å². The molecule has 0 bridgehead atoms. The van der Waals surface area contributed by atoms with Gasteiger partial charge in [-0.15, -0.1) is 11.3 Å². The van der Waals surface area contributed by atoms with Gasteiger partial charge in [0.25, 0.3) is 0 Å². The van der Waals surface area contributed by atoms with E-state index in [-0.39, 0.29) is 11.5 Å². The van der Waals surface area contributed by atoms with Crippen LogP contribution >= 0.6 is 11.3 Å². The number of nitrogens with zero attached hydrogens (tertiary/aromatic N) is 1. The average molecular weight is 278 g/mol. The molecule has 1 aromatic heterocycles. The van der Waals surface area contributed by atoms with Crippen molar-refractivity contribution in [3.8, 4) is 0 Å². The molecule has 0 spiro atoms. The fraction of sp³-hybridized carbons (Fsp3) is 0.333. The Bertz CT molecular complexity index is 525. The molecule has 0 saturated carbocycles. The summed E-state index contributed by atoms with van der Waals surface area (Å²) in [7, 11) is 2.04. The number of para-hydroxylation sites is 1. The van der Waals surface area contributed by atoms with Crippen molar-refractivity contribution in [3.05, 3.63) is 52.0 Å². The molecule has 0 aliphatic carbocycles. The van der Waals surface area contributed by atoms with Crippen LogP contribution in [0.5, 0.6) is 0 Å². The van der Waals surface area contributed by atoms with Crippen molar-refractivity contribution in [2.45, 2.75) is 25.9 Å². The third kappa shape index (κ3) is 3.55. The second-order valence-electron chi connectivity index (χ2n) is 4.86. The van der Waals surface area contributed by atoms with Crippen molar-refractivity contribution in [1.82, 2.24) is 4.90 Å². The Morgan fingerprint density at radius 1 is 1.32 bits per heavy atom. The molecular weight excluding hydrogens is 259 g/mol. The Kier molecular flexibility index (Phi) is 4.56. The standard InChI is InChI=1S/C15H19FN2S/c1-11(9-13-6-4-8-19-13)18(2)10-12-5-3-7-14(16)15(12)17/h3-8,11H,9-10,17H2,1-2H3. The summed E-state index contributed by atoms with van der Waals surface area (Å²) in [6, 6.07) is 9.59. The van der Waals surface area contributed by atoms with Gasteiger partial charge >= 0.3 is 0 Å². The van der Waals surface area contributed by atoms with Crippen LogP contribution in [0.2, 0.25) is 0 Å². The lowest BCUT2D eigenvalue weighted by Gasteiger charge is -2.25. The number of anilines is 1. The van der Waals surface area contributed by atoms with Crippen LogP contribution in [0.15, 0.2) is 35.7 Å². The number of nitrogens with two attached hydrogens (primary N) is 1. The Morgan fingerprint density at radius 3 is 2.79 bits per heavy atom. The van der Waals surface area contributed by atoms with Crippen molar-refractivity contribution in [2.75, 3.05) is 12.8 Å². The summed E-state index contributed by atoms with van der Waals surface area (Å²) < 4.78 is 13.4. The molecule has 102 valence electrons. The van der Waals surface area contributed by atoms with Gasteiger partial charge in [-0.05, 0) is 43.5 Å². The van der Waals surface area contributed by atoms with Gasteiger partial charge in [0.2, 0.25) is 0 Å². The highest BCUT2D eigenvalue weighted by molar-refractivity contribution is 7.09. The van der Waals surface area contributed by atoms with E-state index in [4.69, 9.17) is 5.73 Å². The maximum absolute atomic E-state index is 13.4. The lowest BCUT2D eigenvalue weighted by Crippen LogP contribution is -2.30. The first-order chi connectivity index (χ1) is 9.08. The van der Waals surface area contributed by atoms with Crippen LogP contribution in [-0.4, -0.2) is 18.0 Å². The van der Waals surface area contributed by atoms with Gasteiger partial charge in [-0.1, -0.05) is 18.2 Å². The number of rotatable bonds is 5. The van der Waals surface area contributed by atoms with Gasteiger partial charge in [0.1, 0.15) is 5.82 Å². The molecule has 2 nitrogen and oxygen atoms in total. The van der Waals surface area contributed by atoms with Gasteiger partial charge in [-0.2, -0.15) is 0 Å². The molecule has 0 radical (unpaired) electrons. The average Bonchev–Trinajstić information content (AvgIpc) is 2.87. The van der Waals surface area contributed by atoms with Gasteiger partial charge in [0.05, 0.1) is 5.69 Å². The van der Waals surface area contributed by atoms with Crippen LogP contribution in [0.4, 0.5) is 10.1 Å². The van der Waals surface area contributed by atoms with Gasteiger partial charge in [0, 0.05) is 17.5 Å². The third-order valence-electron chi connectivity index (χ3n) is 3.39. The second-order valence-corrected chi connectivity index (χ2v) is 5.89. The van der Waals surface area contributed by atoms with Gasteiger partial charge in [0.15, 0.2) is 0 Å². The van der Waals surface area contributed by atoms with Crippen molar-refractivity contribution < 1.29 is 4.39 Å². The van der Waals surface area contributed by atoms with Crippen molar-refractivity contribution >= 4 is 17.0 Å². The van der Waals surface area contributed by atoms with E-state index in [1.807, 2.05) is 13.1 Å². The fourth-order valence-corrected chi connectivity index (χ4v) is 2.85. The first-order valence-electron chi connectivity index (χ1n) is 6.33. The molecule has 0 amide bonds. The van der Waals surface area contributed by atoms with E-state index in [1.54, 1.807) is 17.4 Å². The number of nitrogen functional groups attached to an aromatic ring is 1. The molecule has 2 aromatic rings. The van der Waals surface area contributed by atoms with Crippen LogP contribution in [0, 0.1) is 5.82 Å². The summed E-state index contributed by atoms with van der Waals surface area (Å²) in [5.74, 6) is -0.336. The van der Waals surface area contributed by atoms with E-state index >= 15 is 0 Å². The minimum Gasteiger partial charge on any atom is -0.396 e. The molecule has 4 heteroatoms. The van der Waals surface area contributed by atoms with E-state index in [9.17, 15) is 4.39 Å². The first-order valence-corrected chi connectivity index (χ1v) is 7.21. The minimum absolute atomic E-state index is 0.262. The SMILES string of the molecule is CC(Cc1cccs1)N(C)Cc1cccc(F)c1N. The lowest BCUT2D eigenvalue weighted by atomic mass is 10.1. The zero-order chi connectivity index (χ0) is 13.8. The molecule has 2 N–H and O–H groups in total. The number of thiophene rings is 1. The summed E-state index contributed by atoms with van der Waals surface area (Å²) in [4.78, 5) is 3.57. The third-order valence-corrected chi connectivity index (χ3v) is 4.29. The van der Waals surface area contributed by atoms with Gasteiger partial charge in [-0.25, -0.2) is 4.39 Å². The summed E-state index contributed by atoms with van der Waals surface area (Å²) in [6.45, 7) is 2.84. The first kappa shape index (κ1) is 14.0. The minimum atomic E-state index is -0.336. The second kappa shape index (κ2) is 6.17. The molecule has 19 heavy (non-hydrogen) atoms. The van der Waals surface area contributed by atoms with Crippen LogP contribution < -0.4 is 5.73 Å². The number of likely N-dealkylation sites (N-methyl/N-ethyl adjacent to an activating group) is 1. The number of hydrogen-bond donors (Lipinski definition) is 1. The van der Waals surface area contributed by atoms with Crippen LogP contribution in [0.25, 0.3) is 0 Å². The normalized spacial score (nSPS) is 12.8. The molecule has 1 heterocycles. The molecular formula is C15H19FN2S. The van der Waals surface area contributed by atoms with Gasteiger partial charge in [-0.3, -0.25) is 4.90 Å². The molecule has 1 aromatic carbocycles.